The summed E-state index contributed by atoms with van der Waals surface area (Å²) in [5.41, 5.74) is -4.46. The number of carbonyl (C=O) groups excluding carboxylic acids is 1. The second kappa shape index (κ2) is 4.98. The van der Waals surface area contributed by atoms with E-state index in [1.807, 2.05) is 0 Å². The summed E-state index contributed by atoms with van der Waals surface area (Å²) in [4.78, 5) is 11.7. The topological polar surface area (TPSA) is 38.3 Å². The van der Waals surface area contributed by atoms with Crippen molar-refractivity contribution in [2.45, 2.75) is 37.8 Å². The first-order valence-electron chi connectivity index (χ1n) is 6.29. The molecule has 0 bridgehead atoms. The molecule has 0 aliphatic carbocycles. The Labute approximate surface area is 129 Å². The predicted octanol–water partition coefficient (Wildman–Crippen LogP) is 3.36. The van der Waals surface area contributed by atoms with E-state index in [4.69, 9.17) is 4.74 Å². The lowest BCUT2D eigenvalue weighted by molar-refractivity contribution is -0.216. The molecule has 1 atom stereocenters. The Kier molecular flexibility index (Phi) is 3.87. The molecule has 1 N–H and O–H groups in total. The zero-order valence-electron chi connectivity index (χ0n) is 11.8. The van der Waals surface area contributed by atoms with Crippen LogP contribution in [0.4, 0.5) is 13.2 Å². The molecule has 1 heterocycles. The molecule has 1 aliphatic rings. The maximum atomic E-state index is 14.9. The normalized spacial score (nSPS) is 27.9. The molecular weight excluding hydrogens is 351 g/mol. The van der Waals surface area contributed by atoms with Crippen molar-refractivity contribution in [3.8, 4) is 0 Å². The third kappa shape index (κ3) is 2.46. The minimum atomic E-state index is -3.53. The van der Waals surface area contributed by atoms with Crippen molar-refractivity contribution in [3.05, 3.63) is 34.1 Å². The average molecular weight is 366 g/mol. The van der Waals surface area contributed by atoms with E-state index in [1.54, 1.807) is 0 Å². The smallest absolute Gasteiger partial charge is 0.302 e. The Morgan fingerprint density at radius 1 is 1.29 bits per heavy atom. The third-order valence-electron chi connectivity index (χ3n) is 3.80. The summed E-state index contributed by atoms with van der Waals surface area (Å²) in [5.74, 6) is -5.08. The number of hydrogen-bond acceptors (Lipinski definition) is 2. The molecular formula is C14H15BrF3NO2. The molecule has 1 saturated heterocycles. The molecule has 1 aliphatic heterocycles. The van der Waals surface area contributed by atoms with Gasteiger partial charge in [0.15, 0.2) is 0 Å². The van der Waals surface area contributed by atoms with Gasteiger partial charge in [-0.25, -0.2) is 13.2 Å². The third-order valence-corrected chi connectivity index (χ3v) is 4.30. The van der Waals surface area contributed by atoms with Gasteiger partial charge in [0.05, 0.1) is 0 Å². The van der Waals surface area contributed by atoms with E-state index < -0.39 is 35.4 Å². The lowest BCUT2D eigenvalue weighted by atomic mass is 9.78. The zero-order valence-corrected chi connectivity index (χ0v) is 13.4. The highest BCUT2D eigenvalue weighted by Crippen LogP contribution is 2.48. The first-order chi connectivity index (χ1) is 9.51. The second-order valence-electron chi connectivity index (χ2n) is 5.67. The summed E-state index contributed by atoms with van der Waals surface area (Å²) in [6, 6.07) is 3.72. The van der Waals surface area contributed by atoms with E-state index in [0.717, 1.165) is 13.0 Å². The molecule has 1 aromatic rings. The van der Waals surface area contributed by atoms with E-state index in [0.29, 0.717) is 4.47 Å². The SMILES string of the molecule is CC1(C)OCC(=O)NC(C)(c2cc(Br)ccc2F)C1(F)F. The van der Waals surface area contributed by atoms with Gasteiger partial charge >= 0.3 is 5.92 Å². The number of carbonyl (C=O) groups is 1. The molecule has 0 saturated carbocycles. The van der Waals surface area contributed by atoms with E-state index >= 15 is 0 Å². The number of nitrogens with one attached hydrogen (secondary N) is 1. The van der Waals surface area contributed by atoms with Crippen molar-refractivity contribution in [1.29, 1.82) is 0 Å². The molecule has 0 radical (unpaired) electrons. The molecule has 0 spiro atoms. The van der Waals surface area contributed by atoms with Gasteiger partial charge < -0.3 is 10.1 Å². The van der Waals surface area contributed by atoms with Crippen LogP contribution in [0.3, 0.4) is 0 Å². The molecule has 7 heteroatoms. The fourth-order valence-corrected chi connectivity index (χ4v) is 2.81. The van der Waals surface area contributed by atoms with Crippen molar-refractivity contribution >= 4 is 21.8 Å². The number of benzene rings is 1. The van der Waals surface area contributed by atoms with Crippen LogP contribution in [0, 0.1) is 5.82 Å². The van der Waals surface area contributed by atoms with Crippen molar-refractivity contribution in [1.82, 2.24) is 5.32 Å². The van der Waals surface area contributed by atoms with Crippen LogP contribution in [0.25, 0.3) is 0 Å². The predicted molar refractivity (Wildman–Crippen MR) is 74.6 cm³/mol. The van der Waals surface area contributed by atoms with Gasteiger partial charge in [0.2, 0.25) is 5.91 Å². The summed E-state index contributed by atoms with van der Waals surface area (Å²) in [6.07, 6.45) is 0. The number of ether oxygens (including phenoxy) is 1. The number of halogens is 4. The summed E-state index contributed by atoms with van der Waals surface area (Å²) >= 11 is 3.13. The van der Waals surface area contributed by atoms with Crippen LogP contribution in [-0.2, 0) is 15.1 Å². The maximum absolute atomic E-state index is 14.9. The first-order valence-corrected chi connectivity index (χ1v) is 7.09. The standard InChI is InChI=1S/C14H15BrF3NO2/c1-12(2)14(17,18)13(3,19-11(20)7-21-12)9-6-8(15)4-5-10(9)16/h4-6H,7H2,1-3H3,(H,19,20). The molecule has 1 unspecified atom stereocenters. The molecule has 2 rings (SSSR count). The van der Waals surface area contributed by atoms with Crippen LogP contribution in [0.1, 0.15) is 26.3 Å². The minimum absolute atomic E-state index is 0.297. The fourth-order valence-electron chi connectivity index (χ4n) is 2.45. The highest BCUT2D eigenvalue weighted by molar-refractivity contribution is 9.10. The molecule has 0 aromatic heterocycles. The largest absolute Gasteiger partial charge is 0.359 e. The van der Waals surface area contributed by atoms with Gasteiger partial charge in [0.1, 0.15) is 23.6 Å². The number of alkyl halides is 2. The van der Waals surface area contributed by atoms with Gasteiger partial charge in [-0.1, -0.05) is 15.9 Å². The molecule has 21 heavy (non-hydrogen) atoms. The lowest BCUT2D eigenvalue weighted by Gasteiger charge is -2.43. The second-order valence-corrected chi connectivity index (χ2v) is 6.59. The summed E-state index contributed by atoms with van der Waals surface area (Å²) < 4.78 is 49.4. The van der Waals surface area contributed by atoms with Gasteiger partial charge in [0.25, 0.3) is 0 Å². The maximum Gasteiger partial charge on any atom is 0.302 e. The Bertz CT molecular complexity index is 592. The van der Waals surface area contributed by atoms with Gasteiger partial charge in [-0.3, -0.25) is 4.79 Å². The lowest BCUT2D eigenvalue weighted by Crippen LogP contribution is -2.62. The summed E-state index contributed by atoms with van der Waals surface area (Å²) in [5, 5.41) is 2.21. The molecule has 1 amide bonds. The van der Waals surface area contributed by atoms with Crippen molar-refractivity contribution in [3.63, 3.8) is 0 Å². The van der Waals surface area contributed by atoms with E-state index in [9.17, 15) is 18.0 Å². The number of amides is 1. The highest BCUT2D eigenvalue weighted by Gasteiger charge is 2.64. The Morgan fingerprint density at radius 3 is 2.52 bits per heavy atom. The van der Waals surface area contributed by atoms with Crippen molar-refractivity contribution in [2.75, 3.05) is 6.61 Å². The van der Waals surface area contributed by atoms with Crippen LogP contribution >= 0.6 is 15.9 Å². The van der Waals surface area contributed by atoms with Crippen LogP contribution in [0.5, 0.6) is 0 Å². The summed E-state index contributed by atoms with van der Waals surface area (Å²) in [6.45, 7) is 2.96. The van der Waals surface area contributed by atoms with E-state index in [1.165, 1.54) is 26.0 Å². The number of rotatable bonds is 1. The molecule has 1 aromatic carbocycles. The zero-order chi connectivity index (χ0) is 16.1. The van der Waals surface area contributed by atoms with Gasteiger partial charge in [0, 0.05) is 10.0 Å². The fraction of sp³-hybridized carbons (Fsp3) is 0.500. The average Bonchev–Trinajstić information content (AvgIpc) is 2.43. The Hall–Kier alpha value is -1.08. The van der Waals surface area contributed by atoms with Crippen LogP contribution < -0.4 is 5.32 Å². The van der Waals surface area contributed by atoms with Crippen molar-refractivity contribution < 1.29 is 22.7 Å². The monoisotopic (exact) mass is 365 g/mol. The van der Waals surface area contributed by atoms with Gasteiger partial charge in [-0.05, 0) is 39.0 Å². The quantitative estimate of drug-likeness (QED) is 0.828. The van der Waals surface area contributed by atoms with Gasteiger partial charge in [-0.2, -0.15) is 0 Å². The molecule has 116 valence electrons. The number of hydrogen-bond donors (Lipinski definition) is 1. The van der Waals surface area contributed by atoms with Crippen LogP contribution in [0.15, 0.2) is 22.7 Å². The minimum Gasteiger partial charge on any atom is -0.359 e. The first kappa shape index (κ1) is 16.3. The van der Waals surface area contributed by atoms with Crippen LogP contribution in [0.2, 0.25) is 0 Å². The molecule has 3 nitrogen and oxygen atoms in total. The highest BCUT2D eigenvalue weighted by atomic mass is 79.9. The van der Waals surface area contributed by atoms with Crippen LogP contribution in [-0.4, -0.2) is 24.0 Å². The van der Waals surface area contributed by atoms with Crippen molar-refractivity contribution in [2.24, 2.45) is 0 Å². The Morgan fingerprint density at radius 2 is 1.90 bits per heavy atom. The summed E-state index contributed by atoms with van der Waals surface area (Å²) in [7, 11) is 0. The van der Waals surface area contributed by atoms with Gasteiger partial charge in [-0.15, -0.1) is 0 Å². The van der Waals surface area contributed by atoms with E-state index in [-0.39, 0.29) is 5.56 Å². The van der Waals surface area contributed by atoms with E-state index in [2.05, 4.69) is 21.2 Å². The Balaban J connectivity index is 2.70. The molecule has 1 fully saturated rings.